The standard InChI is InChI=1S/C17H25NO5/c1-12(9-17(20)21)11-18-16(19)6-4-5-13-7-8-14(22-2)10-15(13)23-3/h7-8,10,12H,4-6,9,11H2,1-3H3,(H,18,19)(H,20,21). The maximum Gasteiger partial charge on any atom is 0.303 e. The van der Waals surface area contributed by atoms with E-state index in [0.717, 1.165) is 23.5 Å². The van der Waals surface area contributed by atoms with Gasteiger partial charge in [-0.1, -0.05) is 13.0 Å². The number of aliphatic carboxylic acids is 1. The highest BCUT2D eigenvalue weighted by atomic mass is 16.5. The average Bonchev–Trinajstić information content (AvgIpc) is 2.52. The molecule has 0 fully saturated rings. The lowest BCUT2D eigenvalue weighted by molar-refractivity contribution is -0.138. The van der Waals surface area contributed by atoms with E-state index in [-0.39, 0.29) is 18.2 Å². The van der Waals surface area contributed by atoms with Gasteiger partial charge >= 0.3 is 5.97 Å². The molecule has 0 saturated heterocycles. The third-order valence-electron chi connectivity index (χ3n) is 3.51. The number of benzene rings is 1. The summed E-state index contributed by atoms with van der Waals surface area (Å²) < 4.78 is 10.5. The van der Waals surface area contributed by atoms with Crippen LogP contribution in [0, 0.1) is 5.92 Å². The van der Waals surface area contributed by atoms with Gasteiger partial charge in [0.25, 0.3) is 0 Å². The van der Waals surface area contributed by atoms with Crippen LogP contribution in [0.15, 0.2) is 18.2 Å². The summed E-state index contributed by atoms with van der Waals surface area (Å²) in [6.07, 6.45) is 1.88. The smallest absolute Gasteiger partial charge is 0.303 e. The van der Waals surface area contributed by atoms with Crippen molar-refractivity contribution in [3.63, 3.8) is 0 Å². The van der Waals surface area contributed by atoms with Gasteiger partial charge in [0.15, 0.2) is 0 Å². The molecule has 1 atom stereocenters. The Bertz CT molecular complexity index is 530. The molecule has 2 N–H and O–H groups in total. The number of aryl methyl sites for hydroxylation is 1. The summed E-state index contributed by atoms with van der Waals surface area (Å²) in [7, 11) is 3.21. The number of nitrogens with one attached hydrogen (secondary N) is 1. The lowest BCUT2D eigenvalue weighted by Gasteiger charge is -2.12. The molecule has 0 aliphatic rings. The van der Waals surface area contributed by atoms with Gasteiger partial charge in [-0.05, 0) is 30.4 Å². The number of hydrogen-bond acceptors (Lipinski definition) is 4. The fraction of sp³-hybridized carbons (Fsp3) is 0.529. The predicted molar refractivity (Wildman–Crippen MR) is 86.9 cm³/mol. The maximum atomic E-state index is 11.8. The number of carboxylic acids is 1. The van der Waals surface area contributed by atoms with E-state index in [4.69, 9.17) is 14.6 Å². The fourth-order valence-electron chi connectivity index (χ4n) is 2.24. The van der Waals surface area contributed by atoms with Crippen LogP contribution in [0.3, 0.4) is 0 Å². The number of carboxylic acid groups (broad SMARTS) is 1. The van der Waals surface area contributed by atoms with E-state index in [1.165, 1.54) is 0 Å². The first-order valence-corrected chi connectivity index (χ1v) is 7.65. The quantitative estimate of drug-likeness (QED) is 0.690. The average molecular weight is 323 g/mol. The SMILES string of the molecule is COc1ccc(CCCC(=O)NCC(C)CC(=O)O)c(OC)c1. The molecule has 1 aromatic carbocycles. The van der Waals surface area contributed by atoms with Crippen molar-refractivity contribution >= 4 is 11.9 Å². The zero-order valence-electron chi connectivity index (χ0n) is 13.9. The summed E-state index contributed by atoms with van der Waals surface area (Å²) in [5.41, 5.74) is 1.03. The van der Waals surface area contributed by atoms with E-state index >= 15 is 0 Å². The second kappa shape index (κ2) is 9.71. The van der Waals surface area contributed by atoms with Crippen molar-refractivity contribution in [1.29, 1.82) is 0 Å². The molecule has 0 bridgehead atoms. The highest BCUT2D eigenvalue weighted by Crippen LogP contribution is 2.25. The molecule has 1 aromatic rings. The van der Waals surface area contributed by atoms with Crippen LogP contribution in [-0.2, 0) is 16.0 Å². The minimum Gasteiger partial charge on any atom is -0.497 e. The summed E-state index contributed by atoms with van der Waals surface area (Å²) >= 11 is 0. The van der Waals surface area contributed by atoms with Crippen molar-refractivity contribution in [3.05, 3.63) is 23.8 Å². The molecule has 0 spiro atoms. The topological polar surface area (TPSA) is 84.9 Å². The Balaban J connectivity index is 2.36. The van der Waals surface area contributed by atoms with Crippen molar-refractivity contribution in [1.82, 2.24) is 5.32 Å². The Kier molecular flexibility index (Phi) is 7.94. The molecule has 128 valence electrons. The third-order valence-corrected chi connectivity index (χ3v) is 3.51. The van der Waals surface area contributed by atoms with E-state index in [0.29, 0.717) is 19.4 Å². The lowest BCUT2D eigenvalue weighted by Crippen LogP contribution is -2.29. The van der Waals surface area contributed by atoms with Gasteiger partial charge in [0.2, 0.25) is 5.91 Å². The van der Waals surface area contributed by atoms with Crippen LogP contribution >= 0.6 is 0 Å². The number of methoxy groups -OCH3 is 2. The zero-order valence-corrected chi connectivity index (χ0v) is 13.9. The molecule has 6 heteroatoms. The molecule has 1 amide bonds. The molecule has 0 saturated carbocycles. The summed E-state index contributed by atoms with van der Waals surface area (Å²) in [6.45, 7) is 2.19. The van der Waals surface area contributed by atoms with Crippen LogP contribution in [-0.4, -0.2) is 37.7 Å². The number of hydrogen-bond donors (Lipinski definition) is 2. The molecule has 1 unspecified atom stereocenters. The summed E-state index contributed by atoms with van der Waals surface area (Å²) in [6, 6.07) is 5.62. The first kappa shape index (κ1) is 18.8. The highest BCUT2D eigenvalue weighted by molar-refractivity contribution is 5.76. The van der Waals surface area contributed by atoms with Gasteiger partial charge in [-0.15, -0.1) is 0 Å². The molecule has 1 rings (SSSR count). The van der Waals surface area contributed by atoms with E-state index in [2.05, 4.69) is 5.32 Å². The van der Waals surface area contributed by atoms with E-state index in [1.54, 1.807) is 21.1 Å². The summed E-state index contributed by atoms with van der Waals surface area (Å²) in [4.78, 5) is 22.3. The van der Waals surface area contributed by atoms with Crippen LogP contribution in [0.25, 0.3) is 0 Å². The number of amides is 1. The van der Waals surface area contributed by atoms with Gasteiger partial charge in [-0.25, -0.2) is 0 Å². The number of rotatable bonds is 10. The number of carbonyl (C=O) groups excluding carboxylic acids is 1. The summed E-state index contributed by atoms with van der Waals surface area (Å²) in [5, 5.41) is 11.4. The van der Waals surface area contributed by atoms with Crippen LogP contribution in [0.4, 0.5) is 0 Å². The summed E-state index contributed by atoms with van der Waals surface area (Å²) in [5.74, 6) is 0.502. The van der Waals surface area contributed by atoms with Gasteiger partial charge in [0, 0.05) is 25.5 Å². The van der Waals surface area contributed by atoms with Crippen LogP contribution in [0.5, 0.6) is 11.5 Å². The van der Waals surface area contributed by atoms with Crippen molar-refractivity contribution in [2.24, 2.45) is 5.92 Å². The Morgan fingerprint density at radius 1 is 1.26 bits per heavy atom. The van der Waals surface area contributed by atoms with Crippen molar-refractivity contribution in [2.45, 2.75) is 32.6 Å². The molecule has 6 nitrogen and oxygen atoms in total. The molecule has 23 heavy (non-hydrogen) atoms. The van der Waals surface area contributed by atoms with Gasteiger partial charge in [-0.3, -0.25) is 9.59 Å². The Labute approximate surface area is 136 Å². The maximum absolute atomic E-state index is 11.8. The van der Waals surface area contributed by atoms with E-state index < -0.39 is 5.97 Å². The minimum atomic E-state index is -0.849. The second-order valence-corrected chi connectivity index (χ2v) is 5.54. The fourth-order valence-corrected chi connectivity index (χ4v) is 2.24. The molecular formula is C17H25NO5. The zero-order chi connectivity index (χ0) is 17.2. The largest absolute Gasteiger partial charge is 0.497 e. The monoisotopic (exact) mass is 323 g/mol. The van der Waals surface area contributed by atoms with Crippen LogP contribution in [0.2, 0.25) is 0 Å². The van der Waals surface area contributed by atoms with Gasteiger partial charge in [-0.2, -0.15) is 0 Å². The first-order valence-electron chi connectivity index (χ1n) is 7.65. The number of carbonyl (C=O) groups is 2. The Hall–Kier alpha value is -2.24. The minimum absolute atomic E-state index is 0.0589. The molecule has 0 aromatic heterocycles. The molecule has 0 radical (unpaired) electrons. The molecule has 0 heterocycles. The Morgan fingerprint density at radius 3 is 2.61 bits per heavy atom. The highest BCUT2D eigenvalue weighted by Gasteiger charge is 2.10. The predicted octanol–water partition coefficient (Wildman–Crippen LogP) is 2.25. The number of ether oxygens (including phenoxy) is 2. The Morgan fingerprint density at radius 2 is 2.00 bits per heavy atom. The van der Waals surface area contributed by atoms with Gasteiger partial charge in [0.1, 0.15) is 11.5 Å². The second-order valence-electron chi connectivity index (χ2n) is 5.54. The van der Waals surface area contributed by atoms with Crippen LogP contribution in [0.1, 0.15) is 31.7 Å². The molecular weight excluding hydrogens is 298 g/mol. The van der Waals surface area contributed by atoms with Crippen LogP contribution < -0.4 is 14.8 Å². The third kappa shape index (κ3) is 7.04. The first-order chi connectivity index (χ1) is 11.0. The van der Waals surface area contributed by atoms with E-state index in [9.17, 15) is 9.59 Å². The van der Waals surface area contributed by atoms with Gasteiger partial charge in [0.05, 0.1) is 14.2 Å². The van der Waals surface area contributed by atoms with Crippen molar-refractivity contribution in [2.75, 3.05) is 20.8 Å². The van der Waals surface area contributed by atoms with Gasteiger partial charge < -0.3 is 19.9 Å². The van der Waals surface area contributed by atoms with E-state index in [1.807, 2.05) is 18.2 Å². The van der Waals surface area contributed by atoms with Crippen molar-refractivity contribution in [3.8, 4) is 11.5 Å². The molecule has 0 aliphatic heterocycles. The van der Waals surface area contributed by atoms with Crippen molar-refractivity contribution < 1.29 is 24.2 Å². The molecule has 0 aliphatic carbocycles. The normalized spacial score (nSPS) is 11.6. The lowest BCUT2D eigenvalue weighted by atomic mass is 10.1.